The predicted molar refractivity (Wildman–Crippen MR) is 112 cm³/mol. The van der Waals surface area contributed by atoms with Gasteiger partial charge in [-0.05, 0) is 50.3 Å². The van der Waals surface area contributed by atoms with E-state index < -0.39 is 5.60 Å². The highest BCUT2D eigenvalue weighted by molar-refractivity contribution is 5.39. The minimum atomic E-state index is -0.894. The van der Waals surface area contributed by atoms with Crippen LogP contribution in [0.4, 0.5) is 0 Å². The van der Waals surface area contributed by atoms with Crippen molar-refractivity contribution in [2.45, 2.75) is 44.3 Å². The molecular formula is C24H33NO3. The third kappa shape index (κ3) is 5.34. The van der Waals surface area contributed by atoms with Crippen LogP contribution in [0.25, 0.3) is 0 Å². The minimum Gasteiger partial charge on any atom is -0.489 e. The second kappa shape index (κ2) is 10.6. The van der Waals surface area contributed by atoms with Crippen LogP contribution in [0.15, 0.2) is 54.6 Å². The molecule has 2 atom stereocenters. The van der Waals surface area contributed by atoms with Crippen LogP contribution < -0.4 is 10.1 Å². The number of benzene rings is 2. The molecule has 4 nitrogen and oxygen atoms in total. The molecule has 0 aliphatic carbocycles. The zero-order chi connectivity index (χ0) is 19.7. The number of nitrogens with one attached hydrogen (secondary N) is 1. The van der Waals surface area contributed by atoms with E-state index >= 15 is 0 Å². The fourth-order valence-corrected chi connectivity index (χ4v) is 4.14. The van der Waals surface area contributed by atoms with Crippen LogP contribution in [-0.4, -0.2) is 31.9 Å². The van der Waals surface area contributed by atoms with E-state index in [1.807, 2.05) is 42.5 Å². The zero-order valence-electron chi connectivity index (χ0n) is 16.9. The summed E-state index contributed by atoms with van der Waals surface area (Å²) in [6, 6.07) is 18.2. The Bertz CT molecular complexity index is 700. The lowest BCUT2D eigenvalue weighted by atomic mass is 9.74. The largest absolute Gasteiger partial charge is 0.489 e. The Labute approximate surface area is 168 Å². The second-order valence-corrected chi connectivity index (χ2v) is 7.69. The van der Waals surface area contributed by atoms with Crippen molar-refractivity contribution < 1.29 is 14.6 Å². The molecule has 4 heteroatoms. The van der Waals surface area contributed by atoms with Crippen molar-refractivity contribution >= 4 is 0 Å². The van der Waals surface area contributed by atoms with Gasteiger partial charge in [-0.1, -0.05) is 48.5 Å². The molecule has 0 amide bonds. The van der Waals surface area contributed by atoms with Gasteiger partial charge in [0.15, 0.2) is 0 Å². The molecule has 1 aliphatic rings. The van der Waals surface area contributed by atoms with Crippen LogP contribution in [0.1, 0.15) is 43.2 Å². The molecule has 0 radical (unpaired) electrons. The van der Waals surface area contributed by atoms with Gasteiger partial charge in [0.1, 0.15) is 12.4 Å². The van der Waals surface area contributed by atoms with E-state index in [0.29, 0.717) is 13.0 Å². The molecule has 1 fully saturated rings. The van der Waals surface area contributed by atoms with Crippen LogP contribution >= 0.6 is 0 Å². The Morgan fingerprint density at radius 3 is 2.61 bits per heavy atom. The molecule has 1 heterocycles. The first-order valence-corrected chi connectivity index (χ1v) is 10.4. The summed E-state index contributed by atoms with van der Waals surface area (Å²) in [7, 11) is 1.73. The van der Waals surface area contributed by atoms with Gasteiger partial charge < -0.3 is 19.9 Å². The topological polar surface area (TPSA) is 50.7 Å². The molecule has 2 N–H and O–H groups in total. The number of methoxy groups -OCH3 is 1. The van der Waals surface area contributed by atoms with E-state index in [-0.39, 0.29) is 5.92 Å². The molecule has 1 aliphatic heterocycles. The van der Waals surface area contributed by atoms with Crippen molar-refractivity contribution in [1.82, 2.24) is 5.32 Å². The molecule has 2 aromatic rings. The molecule has 152 valence electrons. The fourth-order valence-electron chi connectivity index (χ4n) is 4.14. The van der Waals surface area contributed by atoms with E-state index in [0.717, 1.165) is 62.3 Å². The van der Waals surface area contributed by atoms with Gasteiger partial charge >= 0.3 is 0 Å². The highest BCUT2D eigenvalue weighted by atomic mass is 16.5. The van der Waals surface area contributed by atoms with Crippen molar-refractivity contribution in [2.75, 3.05) is 26.8 Å². The van der Waals surface area contributed by atoms with E-state index in [2.05, 4.69) is 17.4 Å². The fraction of sp³-hybridized carbons (Fsp3) is 0.500. The Kier molecular flexibility index (Phi) is 7.90. The van der Waals surface area contributed by atoms with Crippen LogP contribution in [-0.2, 0) is 16.9 Å². The number of aliphatic hydroxyl groups is 1. The third-order valence-corrected chi connectivity index (χ3v) is 5.72. The maximum atomic E-state index is 11.9. The van der Waals surface area contributed by atoms with Gasteiger partial charge in [-0.25, -0.2) is 0 Å². The smallest absolute Gasteiger partial charge is 0.125 e. The van der Waals surface area contributed by atoms with Crippen LogP contribution in [0.2, 0.25) is 0 Å². The maximum Gasteiger partial charge on any atom is 0.125 e. The average molecular weight is 384 g/mol. The summed E-state index contributed by atoms with van der Waals surface area (Å²) >= 11 is 0. The molecule has 0 saturated carbocycles. The standard InChI is InChI=1S/C24H33NO3/c1-27-17-8-7-15-24(26,21-12-9-16-25-18-21)22-13-5-6-14-23(22)28-19-20-10-3-2-4-11-20/h2-6,10-11,13-14,21,25-26H,7-9,12,15-19H2,1H3/t21?,24-/m0/s1. The lowest BCUT2D eigenvalue weighted by Gasteiger charge is -2.40. The molecule has 0 aromatic heterocycles. The lowest BCUT2D eigenvalue weighted by molar-refractivity contribution is -0.0454. The zero-order valence-corrected chi connectivity index (χ0v) is 16.9. The number of hydrogen-bond acceptors (Lipinski definition) is 4. The average Bonchev–Trinajstić information content (AvgIpc) is 2.77. The predicted octanol–water partition coefficient (Wildman–Crippen LogP) is 4.27. The van der Waals surface area contributed by atoms with Gasteiger partial charge in [0, 0.05) is 31.7 Å². The summed E-state index contributed by atoms with van der Waals surface area (Å²) in [6.45, 7) is 3.10. The quantitative estimate of drug-likeness (QED) is 0.602. The van der Waals surface area contributed by atoms with Gasteiger partial charge in [0.2, 0.25) is 0 Å². The normalized spacial score (nSPS) is 19.1. The monoisotopic (exact) mass is 383 g/mol. The molecule has 1 unspecified atom stereocenters. The van der Waals surface area contributed by atoms with E-state index in [1.54, 1.807) is 7.11 Å². The van der Waals surface area contributed by atoms with Gasteiger partial charge in [-0.2, -0.15) is 0 Å². The van der Waals surface area contributed by atoms with Gasteiger partial charge in [-0.3, -0.25) is 0 Å². The first kappa shape index (κ1) is 20.8. The van der Waals surface area contributed by atoms with Gasteiger partial charge in [0.25, 0.3) is 0 Å². The highest BCUT2D eigenvalue weighted by Gasteiger charge is 2.40. The number of hydrogen-bond donors (Lipinski definition) is 2. The Hall–Kier alpha value is -1.88. The van der Waals surface area contributed by atoms with Crippen LogP contribution in [0, 0.1) is 5.92 Å². The Morgan fingerprint density at radius 2 is 1.86 bits per heavy atom. The van der Waals surface area contributed by atoms with Crippen molar-refractivity contribution in [3.8, 4) is 5.75 Å². The molecular weight excluding hydrogens is 350 g/mol. The number of piperidine rings is 1. The number of para-hydroxylation sites is 1. The summed E-state index contributed by atoms with van der Waals surface area (Å²) in [4.78, 5) is 0. The maximum absolute atomic E-state index is 11.9. The second-order valence-electron chi connectivity index (χ2n) is 7.69. The molecule has 3 rings (SSSR count). The molecule has 28 heavy (non-hydrogen) atoms. The SMILES string of the molecule is COCCCC[C@@](O)(c1ccccc1OCc1ccccc1)C1CCCNC1. The summed E-state index contributed by atoms with van der Waals surface area (Å²) < 4.78 is 11.4. The van der Waals surface area contributed by atoms with Gasteiger partial charge in [-0.15, -0.1) is 0 Å². The van der Waals surface area contributed by atoms with Crippen LogP contribution in [0.3, 0.4) is 0 Å². The number of ether oxygens (including phenoxy) is 2. The molecule has 1 saturated heterocycles. The van der Waals surface area contributed by atoms with Crippen molar-refractivity contribution in [3.63, 3.8) is 0 Å². The van der Waals surface area contributed by atoms with E-state index in [1.165, 1.54) is 0 Å². The lowest BCUT2D eigenvalue weighted by Crippen LogP contribution is -2.44. The summed E-state index contributed by atoms with van der Waals surface area (Å²) in [5.74, 6) is 0.969. The molecule has 0 spiro atoms. The molecule has 2 aromatic carbocycles. The van der Waals surface area contributed by atoms with Crippen molar-refractivity contribution in [1.29, 1.82) is 0 Å². The third-order valence-electron chi connectivity index (χ3n) is 5.72. The van der Waals surface area contributed by atoms with E-state index in [9.17, 15) is 5.11 Å². The van der Waals surface area contributed by atoms with Gasteiger partial charge in [0.05, 0.1) is 5.60 Å². The summed E-state index contributed by atoms with van der Waals surface area (Å²) in [5.41, 5.74) is 1.14. The number of rotatable bonds is 10. The molecule has 0 bridgehead atoms. The van der Waals surface area contributed by atoms with Crippen molar-refractivity contribution in [3.05, 3.63) is 65.7 Å². The minimum absolute atomic E-state index is 0.185. The first-order valence-electron chi connectivity index (χ1n) is 10.4. The van der Waals surface area contributed by atoms with Crippen LogP contribution in [0.5, 0.6) is 5.75 Å². The highest BCUT2D eigenvalue weighted by Crippen LogP contribution is 2.42. The number of unbranched alkanes of at least 4 members (excludes halogenated alkanes) is 1. The van der Waals surface area contributed by atoms with Crippen molar-refractivity contribution in [2.24, 2.45) is 5.92 Å². The first-order chi connectivity index (χ1) is 13.7. The summed E-state index contributed by atoms with van der Waals surface area (Å²) in [6.07, 6.45) is 4.72. The summed E-state index contributed by atoms with van der Waals surface area (Å²) in [5, 5.41) is 15.4. The Morgan fingerprint density at radius 1 is 1.07 bits per heavy atom. The Balaban J connectivity index is 1.81. The van der Waals surface area contributed by atoms with E-state index in [4.69, 9.17) is 9.47 Å².